The topological polar surface area (TPSA) is 59.1 Å². The monoisotopic (exact) mass is 420 g/mol. The highest BCUT2D eigenvalue weighted by atomic mass is 16.5. The summed E-state index contributed by atoms with van der Waals surface area (Å²) in [4.78, 5) is 29.9. The Bertz CT molecular complexity index is 919. The third kappa shape index (κ3) is 4.74. The fourth-order valence-corrected chi connectivity index (χ4v) is 4.29. The zero-order valence-electron chi connectivity index (χ0n) is 17.6. The molecule has 0 aromatic heterocycles. The van der Waals surface area contributed by atoms with Crippen LogP contribution in [0.1, 0.15) is 24.0 Å². The number of ether oxygens (including phenoxy) is 2. The second-order valence-electron chi connectivity index (χ2n) is 8.80. The second-order valence-corrected chi connectivity index (χ2v) is 8.80. The van der Waals surface area contributed by atoms with E-state index < -0.39 is 6.10 Å². The van der Waals surface area contributed by atoms with E-state index in [4.69, 9.17) is 9.47 Å². The zero-order chi connectivity index (χ0) is 21.2. The van der Waals surface area contributed by atoms with Crippen molar-refractivity contribution in [3.8, 4) is 5.75 Å². The van der Waals surface area contributed by atoms with E-state index in [1.807, 2.05) is 59.5 Å². The number of carbonyl (C=O) groups is 2. The molecule has 2 heterocycles. The van der Waals surface area contributed by atoms with Gasteiger partial charge in [-0.15, -0.1) is 0 Å². The summed E-state index contributed by atoms with van der Waals surface area (Å²) in [7, 11) is 0. The molecule has 1 saturated heterocycles. The Balaban J connectivity index is 1.30. The van der Waals surface area contributed by atoms with Crippen molar-refractivity contribution in [1.82, 2.24) is 9.80 Å². The van der Waals surface area contributed by atoms with E-state index >= 15 is 0 Å². The smallest absolute Gasteiger partial charge is 0.264 e. The van der Waals surface area contributed by atoms with Crippen LogP contribution in [0.2, 0.25) is 0 Å². The molecule has 0 unspecified atom stereocenters. The van der Waals surface area contributed by atoms with Crippen LogP contribution in [0.4, 0.5) is 0 Å². The fraction of sp³-hybridized carbons (Fsp3) is 0.440. The lowest BCUT2D eigenvalue weighted by molar-refractivity contribution is -0.143. The van der Waals surface area contributed by atoms with Gasteiger partial charge in [-0.1, -0.05) is 48.5 Å². The molecule has 6 heteroatoms. The maximum atomic E-state index is 13.3. The maximum Gasteiger partial charge on any atom is 0.264 e. The number of carbonyl (C=O) groups excluding carboxylic acids is 2. The van der Waals surface area contributed by atoms with Crippen LogP contribution in [-0.2, 0) is 27.3 Å². The minimum atomic E-state index is -0.574. The van der Waals surface area contributed by atoms with Crippen molar-refractivity contribution in [2.45, 2.75) is 38.0 Å². The highest BCUT2D eigenvalue weighted by molar-refractivity contribution is 5.88. The average Bonchev–Trinajstić information content (AvgIpc) is 3.54. The van der Waals surface area contributed by atoms with Crippen molar-refractivity contribution < 1.29 is 19.1 Å². The summed E-state index contributed by atoms with van der Waals surface area (Å²) < 4.78 is 12.1. The Morgan fingerprint density at radius 3 is 2.58 bits per heavy atom. The van der Waals surface area contributed by atoms with Crippen molar-refractivity contribution in [3.05, 3.63) is 65.7 Å². The number of para-hydroxylation sites is 1. The maximum absolute atomic E-state index is 13.3. The number of rotatable bonds is 6. The van der Waals surface area contributed by atoms with Gasteiger partial charge < -0.3 is 19.3 Å². The number of fused-ring (bicyclic) bond motifs is 1. The van der Waals surface area contributed by atoms with Crippen LogP contribution in [0.3, 0.4) is 0 Å². The van der Waals surface area contributed by atoms with Crippen molar-refractivity contribution in [1.29, 1.82) is 0 Å². The van der Waals surface area contributed by atoms with Gasteiger partial charge >= 0.3 is 0 Å². The molecule has 5 rings (SSSR count). The lowest BCUT2D eigenvalue weighted by atomic mass is 10.1. The molecule has 0 radical (unpaired) electrons. The van der Waals surface area contributed by atoms with Crippen molar-refractivity contribution >= 4 is 11.8 Å². The highest BCUT2D eigenvalue weighted by Crippen LogP contribution is 2.31. The van der Waals surface area contributed by atoms with Crippen LogP contribution in [0.5, 0.6) is 5.75 Å². The molecule has 1 aliphatic carbocycles. The fourth-order valence-electron chi connectivity index (χ4n) is 4.29. The number of benzene rings is 2. The third-order valence-corrected chi connectivity index (χ3v) is 6.24. The van der Waals surface area contributed by atoms with Gasteiger partial charge in [-0.05, 0) is 36.0 Å². The normalized spacial score (nSPS) is 23.3. The summed E-state index contributed by atoms with van der Waals surface area (Å²) >= 11 is 0. The van der Waals surface area contributed by atoms with Crippen LogP contribution in [0, 0.1) is 5.92 Å². The third-order valence-electron chi connectivity index (χ3n) is 6.24. The number of amides is 2. The summed E-state index contributed by atoms with van der Waals surface area (Å²) in [6.45, 7) is 2.20. The lowest BCUT2D eigenvalue weighted by Gasteiger charge is -2.26. The van der Waals surface area contributed by atoms with Gasteiger partial charge in [-0.3, -0.25) is 9.59 Å². The quantitative estimate of drug-likeness (QED) is 0.721. The predicted molar refractivity (Wildman–Crippen MR) is 115 cm³/mol. The van der Waals surface area contributed by atoms with E-state index in [-0.39, 0.29) is 24.5 Å². The van der Waals surface area contributed by atoms with Crippen LogP contribution >= 0.6 is 0 Å². The molecule has 2 fully saturated rings. The molecule has 3 aliphatic rings. The molecular formula is C25H28N2O4. The molecule has 2 aromatic rings. The first-order valence-electron chi connectivity index (χ1n) is 11.1. The molecule has 1 saturated carbocycles. The Labute approximate surface area is 182 Å². The number of hydrogen-bond acceptors (Lipinski definition) is 4. The van der Waals surface area contributed by atoms with Crippen LogP contribution < -0.4 is 4.74 Å². The van der Waals surface area contributed by atoms with Crippen LogP contribution in [0.15, 0.2) is 54.6 Å². The summed E-state index contributed by atoms with van der Waals surface area (Å²) in [5.74, 6) is 1.20. The minimum absolute atomic E-state index is 0.0507. The van der Waals surface area contributed by atoms with E-state index in [1.165, 1.54) is 12.8 Å². The first-order valence-corrected chi connectivity index (χ1v) is 11.1. The van der Waals surface area contributed by atoms with E-state index in [0.29, 0.717) is 38.6 Å². The minimum Gasteiger partial charge on any atom is -0.480 e. The zero-order valence-corrected chi connectivity index (χ0v) is 17.6. The standard InChI is InChI=1S/C25H28N2O4/c28-24-16-27(25(29)23-12-20-8-4-5-9-22(20)31-23)15-21(30-17-19-10-11-19)14-26(24)13-18-6-2-1-3-7-18/h1-9,19,21,23H,10-17H2/t21-,23+/m0/s1. The molecular weight excluding hydrogens is 392 g/mol. The average molecular weight is 421 g/mol. The van der Waals surface area contributed by atoms with Crippen LogP contribution in [0.25, 0.3) is 0 Å². The van der Waals surface area contributed by atoms with Crippen molar-refractivity contribution in [2.75, 3.05) is 26.2 Å². The lowest BCUT2D eigenvalue weighted by Crippen LogP contribution is -2.46. The second kappa shape index (κ2) is 8.71. The molecule has 2 aliphatic heterocycles. The first-order chi connectivity index (χ1) is 15.2. The molecule has 2 amide bonds. The summed E-state index contributed by atoms with van der Waals surface area (Å²) in [6.07, 6.45) is 2.19. The Hall–Kier alpha value is -2.86. The van der Waals surface area contributed by atoms with Gasteiger partial charge in [0.25, 0.3) is 5.91 Å². The van der Waals surface area contributed by atoms with Gasteiger partial charge in [0.15, 0.2) is 6.10 Å². The number of hydrogen-bond donors (Lipinski definition) is 0. The van der Waals surface area contributed by atoms with Gasteiger partial charge in [0.2, 0.25) is 5.91 Å². The van der Waals surface area contributed by atoms with Gasteiger partial charge in [-0.2, -0.15) is 0 Å². The van der Waals surface area contributed by atoms with Gasteiger partial charge in [0, 0.05) is 32.7 Å². The van der Waals surface area contributed by atoms with Crippen LogP contribution in [-0.4, -0.2) is 60.1 Å². The van der Waals surface area contributed by atoms with Crippen molar-refractivity contribution in [3.63, 3.8) is 0 Å². The first kappa shape index (κ1) is 20.1. The SMILES string of the molecule is O=C1CN(C(=O)[C@H]2Cc3ccccc3O2)C[C@@H](OCC2CC2)CN1Cc1ccccc1. The van der Waals surface area contributed by atoms with Gasteiger partial charge in [-0.25, -0.2) is 0 Å². The molecule has 0 spiro atoms. The predicted octanol–water partition coefficient (Wildman–Crippen LogP) is 2.66. The molecule has 6 nitrogen and oxygen atoms in total. The molecule has 2 aromatic carbocycles. The molecule has 0 bridgehead atoms. The van der Waals surface area contributed by atoms with E-state index in [9.17, 15) is 9.59 Å². The summed E-state index contributed by atoms with van der Waals surface area (Å²) in [5.41, 5.74) is 2.11. The Kier molecular flexibility index (Phi) is 5.64. The summed E-state index contributed by atoms with van der Waals surface area (Å²) in [5, 5.41) is 0. The number of nitrogens with zero attached hydrogens (tertiary/aromatic N) is 2. The highest BCUT2D eigenvalue weighted by Gasteiger charge is 2.37. The largest absolute Gasteiger partial charge is 0.480 e. The Morgan fingerprint density at radius 2 is 1.81 bits per heavy atom. The van der Waals surface area contributed by atoms with Crippen molar-refractivity contribution in [2.24, 2.45) is 5.92 Å². The van der Waals surface area contributed by atoms with E-state index in [0.717, 1.165) is 16.9 Å². The van der Waals surface area contributed by atoms with E-state index in [2.05, 4.69) is 0 Å². The molecule has 0 N–H and O–H groups in total. The van der Waals surface area contributed by atoms with E-state index in [1.54, 1.807) is 4.90 Å². The molecule has 162 valence electrons. The molecule has 31 heavy (non-hydrogen) atoms. The van der Waals surface area contributed by atoms with Gasteiger partial charge in [0.05, 0.1) is 12.6 Å². The molecule has 2 atom stereocenters. The Morgan fingerprint density at radius 1 is 1.03 bits per heavy atom. The summed E-state index contributed by atoms with van der Waals surface area (Å²) in [6, 6.07) is 17.7. The van der Waals surface area contributed by atoms with Gasteiger partial charge in [0.1, 0.15) is 5.75 Å².